The van der Waals surface area contributed by atoms with Crippen molar-refractivity contribution < 1.29 is 9.90 Å². The van der Waals surface area contributed by atoms with Gasteiger partial charge in [-0.3, -0.25) is 4.79 Å². The minimum Gasteiger partial charge on any atom is -0.480 e. The van der Waals surface area contributed by atoms with Gasteiger partial charge in [0, 0.05) is 18.8 Å². The number of carboxylic acid groups (broad SMARTS) is 1. The Balaban J connectivity index is 2.64. The molecule has 6 heteroatoms. The Bertz CT molecular complexity index is 301. The van der Waals surface area contributed by atoms with Gasteiger partial charge in [0.05, 0.1) is 5.02 Å². The molecule has 0 aliphatic heterocycles. The summed E-state index contributed by atoms with van der Waals surface area (Å²) < 4.78 is 0. The van der Waals surface area contributed by atoms with Crippen molar-refractivity contribution in [1.82, 2.24) is 9.97 Å². The Kier molecular flexibility index (Phi) is 3.16. The molecule has 1 aromatic heterocycles. The number of nitrogens with two attached hydrogens (primary N) is 1. The van der Waals surface area contributed by atoms with Gasteiger partial charge in [-0.2, -0.15) is 0 Å². The second kappa shape index (κ2) is 4.15. The summed E-state index contributed by atoms with van der Waals surface area (Å²) >= 11 is 5.54. The van der Waals surface area contributed by atoms with Crippen LogP contribution < -0.4 is 5.73 Å². The number of rotatable bonds is 3. The molecule has 3 N–H and O–H groups in total. The highest BCUT2D eigenvalue weighted by Gasteiger charge is 2.13. The summed E-state index contributed by atoms with van der Waals surface area (Å²) in [5.74, 6) is -0.696. The fourth-order valence-corrected chi connectivity index (χ4v) is 0.826. The molecule has 1 heterocycles. The molecule has 0 amide bonds. The van der Waals surface area contributed by atoms with Gasteiger partial charge in [-0.25, -0.2) is 9.97 Å². The van der Waals surface area contributed by atoms with Crippen LogP contribution >= 0.6 is 11.6 Å². The highest BCUT2D eigenvalue weighted by molar-refractivity contribution is 6.30. The third-order valence-corrected chi connectivity index (χ3v) is 1.59. The van der Waals surface area contributed by atoms with Crippen LogP contribution in [0.2, 0.25) is 5.02 Å². The molecule has 0 aliphatic rings. The molecule has 0 aliphatic carbocycles. The number of carbonyl (C=O) groups is 1. The molecule has 1 atom stereocenters. The van der Waals surface area contributed by atoms with E-state index in [1.54, 1.807) is 0 Å². The Morgan fingerprint density at radius 3 is 2.62 bits per heavy atom. The van der Waals surface area contributed by atoms with Gasteiger partial charge in [-0.15, -0.1) is 0 Å². The van der Waals surface area contributed by atoms with Crippen molar-refractivity contribution in [2.75, 3.05) is 0 Å². The lowest BCUT2D eigenvalue weighted by molar-refractivity contribution is -0.138. The van der Waals surface area contributed by atoms with Gasteiger partial charge >= 0.3 is 5.97 Å². The van der Waals surface area contributed by atoms with Gasteiger partial charge in [0.25, 0.3) is 0 Å². The van der Waals surface area contributed by atoms with Gasteiger partial charge in [0.2, 0.25) is 0 Å². The molecule has 1 aromatic rings. The van der Waals surface area contributed by atoms with Crippen molar-refractivity contribution in [2.45, 2.75) is 12.5 Å². The average Bonchev–Trinajstić information content (AvgIpc) is 2.08. The number of aromatic nitrogens is 2. The molecule has 1 unspecified atom stereocenters. The fraction of sp³-hybridized carbons (Fsp3) is 0.286. The summed E-state index contributed by atoms with van der Waals surface area (Å²) in [5.41, 5.74) is 5.27. The third-order valence-electron chi connectivity index (χ3n) is 1.39. The zero-order chi connectivity index (χ0) is 9.84. The predicted molar refractivity (Wildman–Crippen MR) is 46.4 cm³/mol. The van der Waals surface area contributed by atoms with Crippen LogP contribution in [0.4, 0.5) is 0 Å². The first-order chi connectivity index (χ1) is 6.09. The molecule has 70 valence electrons. The lowest BCUT2D eigenvalue weighted by Gasteiger charge is -2.03. The third kappa shape index (κ3) is 2.96. The number of halogens is 1. The zero-order valence-electron chi connectivity index (χ0n) is 6.64. The minimum absolute atomic E-state index is 0.104. The maximum Gasteiger partial charge on any atom is 0.320 e. The normalized spacial score (nSPS) is 12.5. The van der Waals surface area contributed by atoms with E-state index in [-0.39, 0.29) is 6.42 Å². The first-order valence-corrected chi connectivity index (χ1v) is 3.92. The van der Waals surface area contributed by atoms with Crippen LogP contribution in [-0.4, -0.2) is 27.1 Å². The molecule has 1 rings (SSSR count). The monoisotopic (exact) mass is 201 g/mol. The van der Waals surface area contributed by atoms with Gasteiger partial charge in [-0.05, 0) is 0 Å². The second-order valence-electron chi connectivity index (χ2n) is 2.47. The summed E-state index contributed by atoms with van der Waals surface area (Å²) in [6.45, 7) is 0. The first-order valence-electron chi connectivity index (χ1n) is 3.54. The van der Waals surface area contributed by atoms with Crippen LogP contribution in [0.3, 0.4) is 0 Å². The molecular weight excluding hydrogens is 194 g/mol. The number of nitrogens with zero attached hydrogens (tertiary/aromatic N) is 2. The van der Waals surface area contributed by atoms with Crippen molar-refractivity contribution in [1.29, 1.82) is 0 Å². The number of hydrogen-bond acceptors (Lipinski definition) is 4. The van der Waals surface area contributed by atoms with E-state index in [4.69, 9.17) is 22.4 Å². The van der Waals surface area contributed by atoms with Crippen LogP contribution in [0.25, 0.3) is 0 Å². The lowest BCUT2D eigenvalue weighted by Crippen LogP contribution is -2.32. The predicted octanol–water partition coefficient (Wildman–Crippen LogP) is 0.0844. The molecule has 0 saturated heterocycles. The van der Waals surface area contributed by atoms with Crippen LogP contribution in [0.5, 0.6) is 0 Å². The summed E-state index contributed by atoms with van der Waals surface area (Å²) in [6.07, 6.45) is 2.91. The number of carboxylic acids is 1. The van der Waals surface area contributed by atoms with E-state index in [2.05, 4.69) is 9.97 Å². The standard InChI is InChI=1S/C7H8ClN3O2/c8-4-2-10-6(11-3-4)1-5(9)7(12)13/h2-3,5H,1,9H2,(H,12,13). The zero-order valence-corrected chi connectivity index (χ0v) is 7.40. The van der Waals surface area contributed by atoms with Crippen molar-refractivity contribution in [3.8, 4) is 0 Å². The fourth-order valence-electron chi connectivity index (χ4n) is 0.728. The maximum atomic E-state index is 10.4. The Hall–Kier alpha value is -1.20. The summed E-state index contributed by atoms with van der Waals surface area (Å²) in [4.78, 5) is 18.0. The largest absolute Gasteiger partial charge is 0.480 e. The highest BCUT2D eigenvalue weighted by Crippen LogP contribution is 2.03. The molecule has 0 bridgehead atoms. The topological polar surface area (TPSA) is 89.1 Å². The Morgan fingerprint density at radius 2 is 2.15 bits per heavy atom. The van der Waals surface area contributed by atoms with E-state index in [1.165, 1.54) is 12.4 Å². The quantitative estimate of drug-likeness (QED) is 0.723. The van der Waals surface area contributed by atoms with E-state index >= 15 is 0 Å². The minimum atomic E-state index is -1.07. The van der Waals surface area contributed by atoms with E-state index in [0.29, 0.717) is 10.8 Å². The van der Waals surface area contributed by atoms with Crippen molar-refractivity contribution in [3.63, 3.8) is 0 Å². The van der Waals surface area contributed by atoms with E-state index < -0.39 is 12.0 Å². The highest BCUT2D eigenvalue weighted by atomic mass is 35.5. The average molecular weight is 202 g/mol. The molecule has 0 fully saturated rings. The maximum absolute atomic E-state index is 10.4. The summed E-state index contributed by atoms with van der Waals surface area (Å²) in [5, 5.41) is 8.90. The van der Waals surface area contributed by atoms with Crippen molar-refractivity contribution >= 4 is 17.6 Å². The Labute approximate surface area is 79.6 Å². The molecular formula is C7H8ClN3O2. The Morgan fingerprint density at radius 1 is 1.62 bits per heavy atom. The lowest BCUT2D eigenvalue weighted by atomic mass is 10.2. The second-order valence-corrected chi connectivity index (χ2v) is 2.90. The van der Waals surface area contributed by atoms with Gasteiger partial charge in [0.1, 0.15) is 11.9 Å². The van der Waals surface area contributed by atoms with E-state index in [1.807, 2.05) is 0 Å². The molecule has 5 nitrogen and oxygen atoms in total. The van der Waals surface area contributed by atoms with Gasteiger partial charge < -0.3 is 10.8 Å². The van der Waals surface area contributed by atoms with Crippen LogP contribution in [-0.2, 0) is 11.2 Å². The SMILES string of the molecule is NC(Cc1ncc(Cl)cn1)C(=O)O. The van der Waals surface area contributed by atoms with Gasteiger partial charge in [0.15, 0.2) is 0 Å². The van der Waals surface area contributed by atoms with Crippen molar-refractivity contribution in [2.24, 2.45) is 5.73 Å². The summed E-state index contributed by atoms with van der Waals surface area (Å²) in [7, 11) is 0. The molecule has 13 heavy (non-hydrogen) atoms. The number of aliphatic carboxylic acids is 1. The van der Waals surface area contributed by atoms with E-state index in [9.17, 15) is 4.79 Å². The molecule has 0 saturated carbocycles. The number of hydrogen-bond donors (Lipinski definition) is 2. The molecule has 0 aromatic carbocycles. The molecule has 0 radical (unpaired) electrons. The van der Waals surface area contributed by atoms with Crippen LogP contribution in [0, 0.1) is 0 Å². The van der Waals surface area contributed by atoms with E-state index in [0.717, 1.165) is 0 Å². The first kappa shape index (κ1) is 9.88. The van der Waals surface area contributed by atoms with Crippen LogP contribution in [0.1, 0.15) is 5.82 Å². The van der Waals surface area contributed by atoms with Gasteiger partial charge in [-0.1, -0.05) is 11.6 Å². The molecule has 0 spiro atoms. The summed E-state index contributed by atoms with van der Waals surface area (Å²) in [6, 6.07) is -0.971. The smallest absolute Gasteiger partial charge is 0.320 e. The van der Waals surface area contributed by atoms with Crippen LogP contribution in [0.15, 0.2) is 12.4 Å². The van der Waals surface area contributed by atoms with Crippen molar-refractivity contribution in [3.05, 3.63) is 23.2 Å².